The predicted octanol–water partition coefficient (Wildman–Crippen LogP) is 3.75. The first kappa shape index (κ1) is 32.1. The van der Waals surface area contributed by atoms with E-state index in [2.05, 4.69) is 103 Å². The highest BCUT2D eigenvalue weighted by molar-refractivity contribution is 5.99. The van der Waals surface area contributed by atoms with Crippen LogP contribution in [-0.4, -0.2) is 135 Å². The van der Waals surface area contributed by atoms with Gasteiger partial charge in [-0.2, -0.15) is 0 Å². The van der Waals surface area contributed by atoms with Gasteiger partial charge in [-0.3, -0.25) is 15.0 Å². The standard InChI is InChI=1S/C30H57N6/c1-13-25-28(22-31-16-19-34(4,5)6)26(14-2)30(24-33-18-21-36(10,11)12)27(15-3)29(25)23-32-17-20-35(7,8)9/h22-24H,13-21H2,1-12H3/q+3. The van der Waals surface area contributed by atoms with Crippen molar-refractivity contribution in [2.45, 2.75) is 40.0 Å². The van der Waals surface area contributed by atoms with Crippen molar-refractivity contribution < 1.29 is 13.4 Å². The van der Waals surface area contributed by atoms with Gasteiger partial charge in [-0.05, 0) is 52.6 Å². The van der Waals surface area contributed by atoms with Crippen molar-refractivity contribution in [3.8, 4) is 0 Å². The molecule has 0 aliphatic heterocycles. The van der Waals surface area contributed by atoms with Crippen molar-refractivity contribution >= 4 is 18.6 Å². The summed E-state index contributed by atoms with van der Waals surface area (Å²) in [6.07, 6.45) is 9.31. The first-order chi connectivity index (χ1) is 16.6. The van der Waals surface area contributed by atoms with Crippen LogP contribution in [0.4, 0.5) is 0 Å². The van der Waals surface area contributed by atoms with E-state index < -0.39 is 0 Å². The zero-order valence-electron chi connectivity index (χ0n) is 25.8. The Balaban J connectivity index is 3.64. The molecule has 1 aromatic carbocycles. The van der Waals surface area contributed by atoms with Gasteiger partial charge in [-0.1, -0.05) is 20.8 Å². The molecule has 0 aliphatic carbocycles. The summed E-state index contributed by atoms with van der Waals surface area (Å²) in [7, 11) is 20.0. The molecule has 0 unspecified atom stereocenters. The van der Waals surface area contributed by atoms with Gasteiger partial charge in [0.1, 0.15) is 0 Å². The van der Waals surface area contributed by atoms with E-state index in [9.17, 15) is 0 Å². The Morgan fingerprint density at radius 3 is 0.833 bits per heavy atom. The number of aliphatic imine (C=N–C) groups is 3. The summed E-state index contributed by atoms with van der Waals surface area (Å²) in [6.45, 7) is 12.3. The monoisotopic (exact) mass is 501 g/mol. The Morgan fingerprint density at radius 1 is 0.444 bits per heavy atom. The van der Waals surface area contributed by atoms with Crippen LogP contribution >= 0.6 is 0 Å². The molecule has 0 fully saturated rings. The molecular weight excluding hydrogens is 444 g/mol. The minimum Gasteiger partial charge on any atom is -0.329 e. The molecule has 6 nitrogen and oxygen atoms in total. The summed E-state index contributed by atoms with van der Waals surface area (Å²) < 4.78 is 2.76. The lowest BCUT2D eigenvalue weighted by Gasteiger charge is -2.24. The summed E-state index contributed by atoms with van der Waals surface area (Å²) >= 11 is 0. The summed E-state index contributed by atoms with van der Waals surface area (Å²) in [5, 5.41) is 0. The molecule has 0 spiro atoms. The van der Waals surface area contributed by atoms with Crippen LogP contribution in [0.5, 0.6) is 0 Å². The van der Waals surface area contributed by atoms with Crippen LogP contribution in [0.2, 0.25) is 0 Å². The molecule has 0 aromatic heterocycles. The van der Waals surface area contributed by atoms with Gasteiger partial charge in [0.15, 0.2) is 0 Å². The molecule has 36 heavy (non-hydrogen) atoms. The highest BCUT2D eigenvalue weighted by atomic mass is 15.3. The molecule has 0 aliphatic rings. The van der Waals surface area contributed by atoms with E-state index in [4.69, 9.17) is 15.0 Å². The van der Waals surface area contributed by atoms with Gasteiger partial charge in [-0.25, -0.2) is 0 Å². The summed E-state index contributed by atoms with van der Waals surface area (Å²) in [6, 6.07) is 0. The van der Waals surface area contributed by atoms with E-state index >= 15 is 0 Å². The number of nitrogens with zero attached hydrogens (tertiary/aromatic N) is 6. The van der Waals surface area contributed by atoms with Crippen LogP contribution in [0.15, 0.2) is 15.0 Å². The van der Waals surface area contributed by atoms with Crippen LogP contribution in [0.3, 0.4) is 0 Å². The van der Waals surface area contributed by atoms with E-state index in [1.807, 2.05) is 0 Å². The Morgan fingerprint density at radius 2 is 0.667 bits per heavy atom. The smallest absolute Gasteiger partial charge is 0.0979 e. The van der Waals surface area contributed by atoms with E-state index in [1.54, 1.807) is 0 Å². The highest BCUT2D eigenvalue weighted by Crippen LogP contribution is 2.28. The van der Waals surface area contributed by atoms with Crippen LogP contribution in [-0.2, 0) is 19.3 Å². The number of benzene rings is 1. The minimum atomic E-state index is 0.825. The summed E-state index contributed by atoms with van der Waals surface area (Å²) in [4.78, 5) is 14.7. The number of likely N-dealkylation sites (N-methyl/N-ethyl adjacent to an activating group) is 3. The molecule has 0 saturated heterocycles. The van der Waals surface area contributed by atoms with Crippen LogP contribution in [0.1, 0.15) is 54.2 Å². The first-order valence-electron chi connectivity index (χ1n) is 13.7. The van der Waals surface area contributed by atoms with E-state index in [1.165, 1.54) is 33.4 Å². The number of rotatable bonds is 15. The zero-order chi connectivity index (χ0) is 27.6. The van der Waals surface area contributed by atoms with Gasteiger partial charge >= 0.3 is 0 Å². The molecule has 1 rings (SSSR count). The molecule has 204 valence electrons. The quantitative estimate of drug-likeness (QED) is 0.259. The van der Waals surface area contributed by atoms with Gasteiger partial charge in [0.05, 0.1) is 103 Å². The van der Waals surface area contributed by atoms with Crippen LogP contribution in [0.25, 0.3) is 0 Å². The van der Waals surface area contributed by atoms with Crippen LogP contribution in [0, 0.1) is 0 Å². The minimum absolute atomic E-state index is 0.825. The predicted molar refractivity (Wildman–Crippen MR) is 161 cm³/mol. The Kier molecular flexibility index (Phi) is 12.6. The van der Waals surface area contributed by atoms with Crippen molar-refractivity contribution in [2.24, 2.45) is 15.0 Å². The molecule has 0 heterocycles. The topological polar surface area (TPSA) is 37.1 Å². The van der Waals surface area contributed by atoms with Gasteiger partial charge in [0.25, 0.3) is 0 Å². The first-order valence-corrected chi connectivity index (χ1v) is 13.7. The number of quaternary nitrogens is 3. The highest BCUT2D eigenvalue weighted by Gasteiger charge is 2.19. The molecule has 0 radical (unpaired) electrons. The van der Waals surface area contributed by atoms with Crippen molar-refractivity contribution in [2.75, 3.05) is 103 Å². The second-order valence-electron chi connectivity index (χ2n) is 12.9. The van der Waals surface area contributed by atoms with Gasteiger partial charge in [-0.15, -0.1) is 0 Å². The lowest BCUT2D eigenvalue weighted by atomic mass is 9.84. The number of hydrogen-bond acceptors (Lipinski definition) is 3. The fraction of sp³-hybridized carbons (Fsp3) is 0.700. The lowest BCUT2D eigenvalue weighted by Crippen LogP contribution is -2.36. The maximum Gasteiger partial charge on any atom is 0.0979 e. The van der Waals surface area contributed by atoms with E-state index in [0.717, 1.165) is 72.0 Å². The molecule has 1 aromatic rings. The molecule has 0 saturated carbocycles. The fourth-order valence-electron chi connectivity index (χ4n) is 4.13. The molecule has 6 heteroatoms. The molecule has 0 N–H and O–H groups in total. The lowest BCUT2D eigenvalue weighted by molar-refractivity contribution is -0.868. The molecule has 0 bridgehead atoms. The average Bonchev–Trinajstić information content (AvgIpc) is 2.74. The van der Waals surface area contributed by atoms with E-state index in [-0.39, 0.29) is 0 Å². The SMILES string of the molecule is CCc1c(C=NCC[N+](C)(C)C)c(CC)c(C=NCC[N+](C)(C)C)c(CC)c1C=NCC[N+](C)(C)C. The number of hydrogen-bond donors (Lipinski definition) is 0. The third-order valence-electron chi connectivity index (χ3n) is 6.37. The van der Waals surface area contributed by atoms with Crippen LogP contribution < -0.4 is 0 Å². The maximum absolute atomic E-state index is 4.90. The third kappa shape index (κ3) is 11.4. The maximum atomic E-state index is 4.90. The van der Waals surface area contributed by atoms with E-state index in [0.29, 0.717) is 0 Å². The Labute approximate surface area is 223 Å². The molecule has 0 atom stereocenters. The second kappa shape index (κ2) is 14.2. The largest absolute Gasteiger partial charge is 0.329 e. The molecule has 0 amide bonds. The fourth-order valence-corrected chi connectivity index (χ4v) is 4.13. The van der Waals surface area contributed by atoms with Gasteiger partial charge in [0, 0.05) is 18.6 Å². The third-order valence-corrected chi connectivity index (χ3v) is 6.37. The van der Waals surface area contributed by atoms with Crippen molar-refractivity contribution in [1.29, 1.82) is 0 Å². The van der Waals surface area contributed by atoms with Gasteiger partial charge < -0.3 is 13.4 Å². The second-order valence-corrected chi connectivity index (χ2v) is 12.9. The summed E-state index contributed by atoms with van der Waals surface area (Å²) in [5.41, 5.74) is 7.94. The molecular formula is C30H57N6+3. The van der Waals surface area contributed by atoms with Gasteiger partial charge in [0.2, 0.25) is 0 Å². The van der Waals surface area contributed by atoms with Crippen molar-refractivity contribution in [3.05, 3.63) is 33.4 Å². The Bertz CT molecular complexity index is 765. The van der Waals surface area contributed by atoms with Crippen molar-refractivity contribution in [1.82, 2.24) is 0 Å². The average molecular weight is 502 g/mol. The van der Waals surface area contributed by atoms with Crippen molar-refractivity contribution in [3.63, 3.8) is 0 Å². The Hall–Kier alpha value is -1.89. The normalized spacial score (nSPS) is 13.7. The zero-order valence-corrected chi connectivity index (χ0v) is 25.8. The summed E-state index contributed by atoms with van der Waals surface area (Å²) in [5.74, 6) is 0.